The summed E-state index contributed by atoms with van der Waals surface area (Å²) in [6, 6.07) is 4.70. The maximum Gasteiger partial charge on any atom is 0.271 e. The molecule has 1 N–H and O–H groups in total. The molecule has 1 aromatic carbocycles. The third kappa shape index (κ3) is 3.16. The number of fused-ring (bicyclic) bond motifs is 1. The van der Waals surface area contributed by atoms with Gasteiger partial charge in [-0.3, -0.25) is 19.6 Å². The molecule has 1 aromatic heterocycles. The van der Waals surface area contributed by atoms with Crippen LogP contribution in [0.15, 0.2) is 24.4 Å². The number of nitro benzene ring substituents is 1. The summed E-state index contributed by atoms with van der Waals surface area (Å²) in [5.74, 6) is 2.70. The first-order valence-corrected chi connectivity index (χ1v) is 10.4. The van der Waals surface area contributed by atoms with Crippen molar-refractivity contribution in [1.29, 1.82) is 0 Å². The van der Waals surface area contributed by atoms with Crippen LogP contribution in [0.25, 0.3) is 10.9 Å². The molecule has 1 amide bonds. The fraction of sp³-hybridized carbons (Fsp3) is 0.619. The van der Waals surface area contributed by atoms with Gasteiger partial charge in [-0.15, -0.1) is 0 Å². The topological polar surface area (TPSA) is 90.1 Å². The molecule has 4 saturated carbocycles. The highest BCUT2D eigenvalue weighted by Gasteiger charge is 2.50. The number of nitrogens with one attached hydrogen (secondary N) is 1. The second-order valence-electron chi connectivity index (χ2n) is 9.31. The van der Waals surface area contributed by atoms with E-state index in [2.05, 4.69) is 10.4 Å². The number of benzene rings is 1. The third-order valence-corrected chi connectivity index (χ3v) is 7.22. The Morgan fingerprint density at radius 1 is 1.21 bits per heavy atom. The van der Waals surface area contributed by atoms with Crippen LogP contribution in [0.3, 0.4) is 0 Å². The first-order valence-electron chi connectivity index (χ1n) is 10.4. The van der Waals surface area contributed by atoms with Crippen LogP contribution < -0.4 is 5.32 Å². The van der Waals surface area contributed by atoms with E-state index in [1.165, 1.54) is 50.7 Å². The highest BCUT2D eigenvalue weighted by Crippen LogP contribution is 2.59. The van der Waals surface area contributed by atoms with Crippen molar-refractivity contribution < 1.29 is 9.72 Å². The van der Waals surface area contributed by atoms with E-state index < -0.39 is 4.92 Å². The summed E-state index contributed by atoms with van der Waals surface area (Å²) < 4.78 is 1.69. The molecule has 2 aromatic rings. The van der Waals surface area contributed by atoms with Crippen LogP contribution in [0, 0.1) is 33.3 Å². The molecular formula is C21H26N4O3. The lowest BCUT2D eigenvalue weighted by Crippen LogP contribution is -2.51. The Morgan fingerprint density at radius 3 is 2.54 bits per heavy atom. The van der Waals surface area contributed by atoms with Crippen molar-refractivity contribution in [2.45, 2.75) is 51.5 Å². The maximum atomic E-state index is 12.5. The second-order valence-corrected chi connectivity index (χ2v) is 9.31. The highest BCUT2D eigenvalue weighted by molar-refractivity contribution is 5.81. The number of hydrogen-bond acceptors (Lipinski definition) is 4. The number of nitrogens with zero attached hydrogens (tertiary/aromatic N) is 3. The molecule has 1 heterocycles. The van der Waals surface area contributed by atoms with E-state index in [-0.39, 0.29) is 11.6 Å². The minimum Gasteiger partial charge on any atom is -0.355 e. The number of aromatic nitrogens is 2. The van der Waals surface area contributed by atoms with Gasteiger partial charge < -0.3 is 5.32 Å². The Labute approximate surface area is 163 Å². The van der Waals surface area contributed by atoms with Crippen LogP contribution in [0.1, 0.15) is 44.9 Å². The normalized spacial score (nSPS) is 30.6. The van der Waals surface area contributed by atoms with E-state index in [9.17, 15) is 14.9 Å². The van der Waals surface area contributed by atoms with E-state index in [4.69, 9.17) is 0 Å². The molecule has 0 atom stereocenters. The van der Waals surface area contributed by atoms with E-state index in [0.29, 0.717) is 23.9 Å². The summed E-state index contributed by atoms with van der Waals surface area (Å²) in [7, 11) is 0. The van der Waals surface area contributed by atoms with Crippen molar-refractivity contribution in [2.75, 3.05) is 6.54 Å². The molecule has 6 rings (SSSR count). The predicted molar refractivity (Wildman–Crippen MR) is 105 cm³/mol. The predicted octanol–water partition coefficient (Wildman–Crippen LogP) is 3.67. The average molecular weight is 382 g/mol. The number of carbonyl (C=O) groups is 1. The Bertz CT molecular complexity index is 900. The molecular weight excluding hydrogens is 356 g/mol. The molecule has 0 radical (unpaired) electrons. The molecule has 0 saturated heterocycles. The van der Waals surface area contributed by atoms with Gasteiger partial charge in [0, 0.05) is 30.5 Å². The summed E-state index contributed by atoms with van der Waals surface area (Å²) in [5, 5.41) is 19.3. The summed E-state index contributed by atoms with van der Waals surface area (Å²) in [6.45, 7) is 1.23. The fourth-order valence-electron chi connectivity index (χ4n) is 6.44. The van der Waals surface area contributed by atoms with E-state index in [1.807, 2.05) is 0 Å². The molecule has 7 heteroatoms. The summed E-state index contributed by atoms with van der Waals surface area (Å²) in [4.78, 5) is 23.1. The van der Waals surface area contributed by atoms with Crippen LogP contribution in [0.5, 0.6) is 0 Å². The number of rotatable bonds is 6. The molecule has 4 bridgehead atoms. The van der Waals surface area contributed by atoms with Gasteiger partial charge in [0.25, 0.3) is 5.69 Å². The zero-order valence-corrected chi connectivity index (χ0v) is 16.0. The van der Waals surface area contributed by atoms with Gasteiger partial charge in [0.05, 0.1) is 23.2 Å². The number of carbonyl (C=O) groups excluding carboxylic acids is 1. The summed E-state index contributed by atoms with van der Waals surface area (Å²) in [5.41, 5.74) is 1.08. The van der Waals surface area contributed by atoms with Crippen molar-refractivity contribution in [1.82, 2.24) is 15.1 Å². The molecule has 148 valence electrons. The number of non-ortho nitro benzene ring substituents is 1. The summed E-state index contributed by atoms with van der Waals surface area (Å²) >= 11 is 0. The van der Waals surface area contributed by atoms with Crippen molar-refractivity contribution in [3.05, 3.63) is 34.5 Å². The van der Waals surface area contributed by atoms with Gasteiger partial charge in [0.15, 0.2) is 0 Å². The van der Waals surface area contributed by atoms with Gasteiger partial charge in [0.1, 0.15) is 0 Å². The minimum atomic E-state index is -0.408. The third-order valence-electron chi connectivity index (χ3n) is 7.22. The fourth-order valence-corrected chi connectivity index (χ4v) is 6.44. The van der Waals surface area contributed by atoms with Gasteiger partial charge in [-0.05, 0) is 67.8 Å². The van der Waals surface area contributed by atoms with Crippen molar-refractivity contribution in [2.24, 2.45) is 23.2 Å². The quantitative estimate of drug-likeness (QED) is 0.610. The number of aryl methyl sites for hydroxylation is 1. The van der Waals surface area contributed by atoms with Crippen molar-refractivity contribution in [3.63, 3.8) is 0 Å². The Morgan fingerprint density at radius 2 is 1.89 bits per heavy atom. The van der Waals surface area contributed by atoms with Gasteiger partial charge in [-0.25, -0.2) is 0 Å². The van der Waals surface area contributed by atoms with E-state index >= 15 is 0 Å². The molecule has 0 unspecified atom stereocenters. The Hall–Kier alpha value is -2.44. The molecule has 7 nitrogen and oxygen atoms in total. The lowest BCUT2D eigenvalue weighted by molar-refractivity contribution is -0.384. The first kappa shape index (κ1) is 17.6. The molecule has 28 heavy (non-hydrogen) atoms. The second kappa shape index (κ2) is 6.57. The standard InChI is InChI=1S/C21H26N4O3/c26-20(22-13-21-9-14-5-15(10-21)7-16(6-14)11-21)3-4-24-19-8-18(25(27)28)2-1-17(19)12-23-24/h1-2,8,12,14-16H,3-7,9-11,13H2,(H,22,26). The van der Waals surface area contributed by atoms with Gasteiger partial charge in [0.2, 0.25) is 5.91 Å². The monoisotopic (exact) mass is 382 g/mol. The zero-order valence-electron chi connectivity index (χ0n) is 16.0. The minimum absolute atomic E-state index is 0.0421. The van der Waals surface area contributed by atoms with Crippen LogP contribution in [0.2, 0.25) is 0 Å². The largest absolute Gasteiger partial charge is 0.355 e. The molecule has 0 spiro atoms. The lowest BCUT2D eigenvalue weighted by Gasteiger charge is -2.56. The highest BCUT2D eigenvalue weighted by atomic mass is 16.6. The average Bonchev–Trinajstić information content (AvgIpc) is 3.06. The SMILES string of the molecule is O=C(CCn1ncc2ccc([N+](=O)[O-])cc21)NCC12CC3CC(CC(C3)C1)C2. The number of nitro groups is 1. The van der Waals surface area contributed by atoms with Crippen molar-refractivity contribution in [3.8, 4) is 0 Å². The molecule has 4 fully saturated rings. The summed E-state index contributed by atoms with van der Waals surface area (Å²) in [6.07, 6.45) is 10.1. The maximum absolute atomic E-state index is 12.5. The van der Waals surface area contributed by atoms with Gasteiger partial charge >= 0.3 is 0 Å². The molecule has 0 aliphatic heterocycles. The van der Waals surface area contributed by atoms with Crippen LogP contribution in [-0.2, 0) is 11.3 Å². The molecule has 4 aliphatic carbocycles. The Kier molecular flexibility index (Phi) is 4.14. The zero-order chi connectivity index (χ0) is 19.3. The molecule has 4 aliphatic rings. The number of hydrogen-bond donors (Lipinski definition) is 1. The van der Waals surface area contributed by atoms with Crippen LogP contribution >= 0.6 is 0 Å². The first-order chi connectivity index (χ1) is 13.5. The van der Waals surface area contributed by atoms with Crippen LogP contribution in [-0.4, -0.2) is 27.2 Å². The van der Waals surface area contributed by atoms with Crippen LogP contribution in [0.4, 0.5) is 5.69 Å². The van der Waals surface area contributed by atoms with Gasteiger partial charge in [-0.2, -0.15) is 5.10 Å². The van der Waals surface area contributed by atoms with Gasteiger partial charge in [-0.1, -0.05) is 0 Å². The van der Waals surface area contributed by atoms with E-state index in [1.54, 1.807) is 16.9 Å². The van der Waals surface area contributed by atoms with Crippen molar-refractivity contribution >= 4 is 22.5 Å². The lowest BCUT2D eigenvalue weighted by atomic mass is 9.49. The number of amides is 1. The Balaban J connectivity index is 1.20. The van der Waals surface area contributed by atoms with E-state index in [0.717, 1.165) is 29.7 Å². The smallest absolute Gasteiger partial charge is 0.271 e.